The molecule has 0 spiro atoms. The van der Waals surface area contributed by atoms with Crippen molar-refractivity contribution in [2.75, 3.05) is 7.11 Å². The molecule has 0 bridgehead atoms. The van der Waals surface area contributed by atoms with Crippen LogP contribution >= 0.6 is 0 Å². The van der Waals surface area contributed by atoms with Crippen LogP contribution in [0.25, 0.3) is 44.2 Å². The molecule has 8 rings (SSSR count). The van der Waals surface area contributed by atoms with Gasteiger partial charge in [0.15, 0.2) is 0 Å². The van der Waals surface area contributed by atoms with Crippen molar-refractivity contribution < 1.29 is 19.1 Å². The number of imidazole rings is 2. The van der Waals surface area contributed by atoms with E-state index in [1.165, 1.54) is 7.11 Å². The van der Waals surface area contributed by atoms with Crippen molar-refractivity contribution in [3.8, 4) is 28.1 Å². The zero-order valence-corrected chi connectivity index (χ0v) is 28.6. The van der Waals surface area contributed by atoms with Crippen molar-refractivity contribution in [3.63, 3.8) is 0 Å². The van der Waals surface area contributed by atoms with E-state index in [4.69, 9.17) is 19.4 Å². The van der Waals surface area contributed by atoms with Crippen LogP contribution in [-0.2, 0) is 16.1 Å². The minimum Gasteiger partial charge on any atom is -0.488 e. The number of likely N-dealkylation sites (tertiary alicyclic amines) is 1. The number of rotatable bonds is 6. The summed E-state index contributed by atoms with van der Waals surface area (Å²) in [5.74, 6) is 2.39. The van der Waals surface area contributed by atoms with Gasteiger partial charge in [-0.15, -0.1) is 0 Å². The minimum absolute atomic E-state index is 0.0170. The average molecular weight is 662 g/mol. The first kappa shape index (κ1) is 31.4. The van der Waals surface area contributed by atoms with Gasteiger partial charge in [0.05, 0.1) is 42.1 Å². The van der Waals surface area contributed by atoms with Crippen LogP contribution < -0.4 is 15.4 Å². The normalized spacial score (nSPS) is 22.3. The molecule has 0 aliphatic carbocycles. The smallest absolute Gasteiger partial charge is 0.407 e. The highest BCUT2D eigenvalue weighted by Gasteiger charge is 2.41. The maximum atomic E-state index is 13.8. The van der Waals surface area contributed by atoms with Gasteiger partial charge in [-0.25, -0.2) is 14.8 Å². The number of fused-ring (bicyclic) bond motifs is 6. The number of H-pyrrole nitrogens is 2. The first-order valence-electron chi connectivity index (χ1n) is 17.4. The lowest BCUT2D eigenvalue weighted by Crippen LogP contribution is -2.52. The Labute approximate surface area is 285 Å². The first-order valence-corrected chi connectivity index (χ1v) is 17.4. The Hall–Kier alpha value is -4.90. The topological polar surface area (TPSA) is 137 Å². The van der Waals surface area contributed by atoms with Crippen molar-refractivity contribution in [2.45, 2.75) is 90.2 Å². The molecular weight excluding hydrogens is 618 g/mol. The number of nitrogens with zero attached hydrogens (tertiary/aromatic N) is 3. The third-order valence-corrected chi connectivity index (χ3v) is 10.6. The average Bonchev–Trinajstić information content (AvgIpc) is 3.91. The van der Waals surface area contributed by atoms with E-state index in [1.54, 1.807) is 0 Å². The summed E-state index contributed by atoms with van der Waals surface area (Å²) in [5.41, 5.74) is 7.24. The third kappa shape index (κ3) is 5.50. The fraction of sp³-hybridized carbons (Fsp3) is 0.421. The number of carbonyl (C=O) groups excluding carboxylic acids is 2. The predicted molar refractivity (Wildman–Crippen MR) is 188 cm³/mol. The maximum Gasteiger partial charge on any atom is 0.407 e. The largest absolute Gasteiger partial charge is 0.488 e. The summed E-state index contributed by atoms with van der Waals surface area (Å²) in [6, 6.07) is 14.9. The number of benzene rings is 3. The number of ether oxygens (including phenoxy) is 2. The van der Waals surface area contributed by atoms with Crippen LogP contribution in [0.3, 0.4) is 0 Å². The fourth-order valence-electron chi connectivity index (χ4n) is 7.92. The van der Waals surface area contributed by atoms with Crippen molar-refractivity contribution in [1.82, 2.24) is 35.5 Å². The zero-order chi connectivity index (χ0) is 34.0. The van der Waals surface area contributed by atoms with Gasteiger partial charge in [-0.2, -0.15) is 0 Å². The Balaban J connectivity index is 1.06. The van der Waals surface area contributed by atoms with E-state index < -0.39 is 12.1 Å². The van der Waals surface area contributed by atoms with Gasteiger partial charge in [0.25, 0.3) is 0 Å². The van der Waals surface area contributed by atoms with Gasteiger partial charge in [0.1, 0.15) is 30.0 Å². The molecule has 4 N–H and O–H groups in total. The maximum absolute atomic E-state index is 13.8. The standard InChI is InChI=1S/C38H43N7O4/c1-19(2)33(44-38(47)48-5)37(46)45-21(4)7-13-31(45)36-39-17-30(42-36)23-8-10-25-24(14-23)18-49-32-16-26-22(15-27(25)32)9-12-28-34(26)43-35(41-28)29-11-6-20(3)40-29/h8-10,12,14-17,19-21,29,31,33,40H,6-7,11,13,18H2,1-5H3,(H,39,42)(H,41,43)(H,44,47)/t20-,21-,29-,31-,33-/m0/s1. The lowest BCUT2D eigenvalue weighted by molar-refractivity contribution is -0.137. The Kier molecular flexibility index (Phi) is 7.82. The lowest BCUT2D eigenvalue weighted by atomic mass is 9.92. The number of hydrogen-bond donors (Lipinski definition) is 4. The second-order valence-corrected chi connectivity index (χ2v) is 14.2. The molecule has 3 aromatic carbocycles. The number of hydrogen-bond acceptors (Lipinski definition) is 7. The van der Waals surface area contributed by atoms with Crippen molar-refractivity contribution in [3.05, 3.63) is 65.9 Å². The van der Waals surface area contributed by atoms with Gasteiger partial charge in [0, 0.05) is 23.0 Å². The Morgan fingerprint density at radius 2 is 1.86 bits per heavy atom. The number of carbonyl (C=O) groups is 2. The van der Waals surface area contributed by atoms with Crippen LogP contribution in [0.5, 0.6) is 5.75 Å². The van der Waals surface area contributed by atoms with Crippen LogP contribution in [0, 0.1) is 5.92 Å². The Morgan fingerprint density at radius 3 is 2.63 bits per heavy atom. The van der Waals surface area contributed by atoms with Gasteiger partial charge >= 0.3 is 6.09 Å². The summed E-state index contributed by atoms with van der Waals surface area (Å²) in [4.78, 5) is 44.5. The van der Waals surface area contributed by atoms with Gasteiger partial charge in [-0.1, -0.05) is 32.0 Å². The van der Waals surface area contributed by atoms with Gasteiger partial charge in [-0.3, -0.25) is 4.79 Å². The van der Waals surface area contributed by atoms with Crippen LogP contribution in [0.2, 0.25) is 0 Å². The second-order valence-electron chi connectivity index (χ2n) is 14.2. The highest BCUT2D eigenvalue weighted by atomic mass is 16.5. The molecule has 5 aromatic rings. The van der Waals surface area contributed by atoms with Crippen molar-refractivity contribution in [2.24, 2.45) is 5.92 Å². The molecule has 5 heterocycles. The van der Waals surface area contributed by atoms with E-state index >= 15 is 0 Å². The summed E-state index contributed by atoms with van der Waals surface area (Å²) in [6.07, 6.45) is 5.11. The zero-order valence-electron chi connectivity index (χ0n) is 28.6. The molecule has 0 radical (unpaired) electrons. The van der Waals surface area contributed by atoms with E-state index in [0.29, 0.717) is 12.6 Å². The Bertz CT molecular complexity index is 2080. The Morgan fingerprint density at radius 1 is 1.00 bits per heavy atom. The quantitative estimate of drug-likeness (QED) is 0.155. The van der Waals surface area contributed by atoms with E-state index in [2.05, 4.69) is 70.0 Å². The summed E-state index contributed by atoms with van der Waals surface area (Å²) in [6.45, 7) is 8.57. The molecule has 0 unspecified atom stereocenters. The lowest BCUT2D eigenvalue weighted by Gasteiger charge is -2.32. The molecule has 3 aliphatic rings. The molecular formula is C38H43N7O4. The van der Waals surface area contributed by atoms with E-state index in [9.17, 15) is 9.59 Å². The number of aromatic nitrogens is 4. The molecule has 2 fully saturated rings. The van der Waals surface area contributed by atoms with E-state index in [-0.39, 0.29) is 30.0 Å². The van der Waals surface area contributed by atoms with Crippen molar-refractivity contribution in [1.29, 1.82) is 0 Å². The second kappa shape index (κ2) is 12.2. The monoisotopic (exact) mass is 661 g/mol. The number of methoxy groups -OCH3 is 1. The summed E-state index contributed by atoms with van der Waals surface area (Å²) < 4.78 is 11.2. The molecule has 0 saturated carbocycles. The fourth-order valence-corrected chi connectivity index (χ4v) is 7.92. The highest BCUT2D eigenvalue weighted by Crippen LogP contribution is 2.43. The van der Waals surface area contributed by atoms with Gasteiger partial charge in [0.2, 0.25) is 5.91 Å². The summed E-state index contributed by atoms with van der Waals surface area (Å²) >= 11 is 0. The molecule has 11 heteroatoms. The molecule has 3 aliphatic heterocycles. The molecule has 49 heavy (non-hydrogen) atoms. The molecule has 254 valence electrons. The molecule has 2 aromatic heterocycles. The SMILES string of the molecule is COC(=O)N[C@H](C(=O)N1[C@@H](C)CC[C@H]1c1ncc(-c2ccc3c(c2)COc2cc4c(ccc5nc([C@@H]6CC[C@H](C)N6)[nH]c54)cc2-3)[nH]1)C(C)C. The predicted octanol–water partition coefficient (Wildman–Crippen LogP) is 6.91. The van der Waals surface area contributed by atoms with Crippen LogP contribution in [0.15, 0.2) is 48.7 Å². The molecule has 2 amide bonds. The summed E-state index contributed by atoms with van der Waals surface area (Å²) in [5, 5.41) is 8.62. The van der Waals surface area contributed by atoms with E-state index in [1.807, 2.05) is 31.9 Å². The molecule has 5 atom stereocenters. The van der Waals surface area contributed by atoms with Crippen LogP contribution in [0.1, 0.15) is 82.7 Å². The van der Waals surface area contributed by atoms with E-state index in [0.717, 1.165) is 92.8 Å². The summed E-state index contributed by atoms with van der Waals surface area (Å²) in [7, 11) is 1.30. The van der Waals surface area contributed by atoms with Gasteiger partial charge in [-0.05, 0) is 91.8 Å². The van der Waals surface area contributed by atoms with Crippen LogP contribution in [-0.4, -0.2) is 62.1 Å². The third-order valence-electron chi connectivity index (χ3n) is 10.6. The first-order chi connectivity index (χ1) is 23.7. The number of aromatic amines is 2. The molecule has 2 saturated heterocycles. The molecule has 11 nitrogen and oxygen atoms in total. The number of nitrogens with one attached hydrogen (secondary N) is 4. The highest BCUT2D eigenvalue weighted by molar-refractivity contribution is 6.07. The number of amides is 2. The number of alkyl carbamates (subject to hydrolysis) is 1. The van der Waals surface area contributed by atoms with Crippen molar-refractivity contribution >= 4 is 33.8 Å². The minimum atomic E-state index is -0.688. The van der Waals surface area contributed by atoms with Gasteiger partial charge < -0.3 is 35.0 Å². The van der Waals surface area contributed by atoms with Crippen LogP contribution in [0.4, 0.5) is 4.79 Å².